The van der Waals surface area contributed by atoms with Gasteiger partial charge in [0.25, 0.3) is 0 Å². The van der Waals surface area contributed by atoms with E-state index in [4.69, 9.17) is 0 Å². The topological polar surface area (TPSA) is 20.2 Å². The molecule has 0 radical (unpaired) electrons. The second-order valence-electron chi connectivity index (χ2n) is 3.67. The van der Waals surface area contributed by atoms with E-state index in [1.807, 2.05) is 0 Å². The Labute approximate surface area is 79.2 Å². The van der Waals surface area contributed by atoms with E-state index in [1.165, 1.54) is 0 Å². The van der Waals surface area contributed by atoms with E-state index in [2.05, 4.69) is 0 Å². The van der Waals surface area contributed by atoms with Crippen molar-refractivity contribution in [2.24, 2.45) is 5.92 Å². The van der Waals surface area contributed by atoms with E-state index in [9.17, 15) is 18.3 Å². The molecule has 1 aromatic carbocycles. The highest BCUT2D eigenvalue weighted by Crippen LogP contribution is 2.39. The maximum atomic E-state index is 13.2. The predicted molar refractivity (Wildman–Crippen MR) is 44.1 cm³/mol. The molecule has 0 amide bonds. The van der Waals surface area contributed by atoms with Crippen LogP contribution in [0.1, 0.15) is 24.2 Å². The summed E-state index contributed by atoms with van der Waals surface area (Å²) in [6.45, 7) is 1.67. The van der Waals surface area contributed by atoms with Gasteiger partial charge in [0.2, 0.25) is 0 Å². The van der Waals surface area contributed by atoms with Crippen molar-refractivity contribution in [2.75, 3.05) is 0 Å². The molecule has 0 bridgehead atoms. The van der Waals surface area contributed by atoms with Crippen LogP contribution in [-0.4, -0.2) is 5.11 Å². The van der Waals surface area contributed by atoms with Gasteiger partial charge in [0.1, 0.15) is 5.82 Å². The lowest BCUT2D eigenvalue weighted by Crippen LogP contribution is -2.04. The molecule has 14 heavy (non-hydrogen) atoms. The molecule has 0 aromatic heterocycles. The molecule has 1 aromatic rings. The molecular weight excluding hydrogens is 193 g/mol. The third-order valence-electron chi connectivity index (χ3n) is 2.67. The third kappa shape index (κ3) is 1.14. The molecular formula is C10H9F3O. The normalized spacial score (nSPS) is 25.2. The van der Waals surface area contributed by atoms with Crippen LogP contribution >= 0.6 is 0 Å². The number of fused-ring (bicyclic) bond motifs is 1. The molecule has 1 aliphatic rings. The molecule has 0 spiro atoms. The molecule has 2 rings (SSSR count). The smallest absolute Gasteiger partial charge is 0.165 e. The Hall–Kier alpha value is -1.03. The Morgan fingerprint density at radius 3 is 2.57 bits per heavy atom. The summed E-state index contributed by atoms with van der Waals surface area (Å²) in [7, 11) is 0. The Morgan fingerprint density at radius 2 is 1.93 bits per heavy atom. The first kappa shape index (κ1) is 9.52. The van der Waals surface area contributed by atoms with Crippen molar-refractivity contribution < 1.29 is 18.3 Å². The highest BCUT2D eigenvalue weighted by Gasteiger charge is 2.34. The Balaban J connectivity index is 2.67. The minimum atomic E-state index is -1.24. The van der Waals surface area contributed by atoms with Crippen LogP contribution in [0, 0.1) is 23.4 Å². The van der Waals surface area contributed by atoms with Crippen LogP contribution in [0.15, 0.2) is 6.07 Å². The highest BCUT2D eigenvalue weighted by atomic mass is 19.2. The first-order valence-corrected chi connectivity index (χ1v) is 4.36. The summed E-state index contributed by atoms with van der Waals surface area (Å²) in [5.41, 5.74) is -0.112. The number of hydrogen-bond acceptors (Lipinski definition) is 1. The molecule has 1 nitrogen and oxygen atoms in total. The monoisotopic (exact) mass is 202 g/mol. The first-order valence-electron chi connectivity index (χ1n) is 4.36. The zero-order chi connectivity index (χ0) is 10.5. The van der Waals surface area contributed by atoms with Gasteiger partial charge in [-0.25, -0.2) is 13.2 Å². The lowest BCUT2D eigenvalue weighted by Gasteiger charge is -2.09. The van der Waals surface area contributed by atoms with Gasteiger partial charge in [-0.1, -0.05) is 6.92 Å². The van der Waals surface area contributed by atoms with Crippen molar-refractivity contribution in [3.05, 3.63) is 34.6 Å². The van der Waals surface area contributed by atoms with Gasteiger partial charge in [-0.3, -0.25) is 0 Å². The van der Waals surface area contributed by atoms with E-state index in [1.54, 1.807) is 6.92 Å². The fourth-order valence-corrected chi connectivity index (χ4v) is 1.89. The summed E-state index contributed by atoms with van der Waals surface area (Å²) < 4.78 is 39.2. The second-order valence-corrected chi connectivity index (χ2v) is 3.67. The van der Waals surface area contributed by atoms with Gasteiger partial charge < -0.3 is 5.11 Å². The first-order chi connectivity index (χ1) is 6.52. The summed E-state index contributed by atoms with van der Waals surface area (Å²) >= 11 is 0. The van der Waals surface area contributed by atoms with Crippen LogP contribution < -0.4 is 0 Å². The molecule has 0 fully saturated rings. The lowest BCUT2D eigenvalue weighted by atomic mass is 10.1. The molecule has 2 atom stereocenters. The average Bonchev–Trinajstić information content (AvgIpc) is 2.41. The van der Waals surface area contributed by atoms with Gasteiger partial charge in [0, 0.05) is 11.6 Å². The summed E-state index contributed by atoms with van der Waals surface area (Å²) in [4.78, 5) is 0. The Kier molecular flexibility index (Phi) is 2.03. The predicted octanol–water partition coefficient (Wildman–Crippen LogP) is 2.33. The minimum Gasteiger partial charge on any atom is -0.388 e. The average molecular weight is 202 g/mol. The molecule has 76 valence electrons. The standard InChI is InChI=1S/C10H9F3O/c1-4-2-5-6(11)3-7(12)9(13)8(5)10(4)14/h3-4,10,14H,2H2,1H3. The molecule has 0 saturated heterocycles. The van der Waals surface area contributed by atoms with Crippen molar-refractivity contribution in [3.8, 4) is 0 Å². The highest BCUT2D eigenvalue weighted by molar-refractivity contribution is 5.37. The van der Waals surface area contributed by atoms with Crippen LogP contribution in [0.2, 0.25) is 0 Å². The van der Waals surface area contributed by atoms with Gasteiger partial charge in [-0.2, -0.15) is 0 Å². The van der Waals surface area contributed by atoms with Crippen LogP contribution in [-0.2, 0) is 6.42 Å². The fourth-order valence-electron chi connectivity index (χ4n) is 1.89. The number of benzene rings is 1. The Morgan fingerprint density at radius 1 is 1.29 bits per heavy atom. The number of rotatable bonds is 0. The van der Waals surface area contributed by atoms with Crippen molar-refractivity contribution in [1.29, 1.82) is 0 Å². The van der Waals surface area contributed by atoms with Gasteiger partial charge in [-0.15, -0.1) is 0 Å². The van der Waals surface area contributed by atoms with E-state index < -0.39 is 23.6 Å². The summed E-state index contributed by atoms with van der Waals surface area (Å²) in [5.74, 6) is -3.41. The van der Waals surface area contributed by atoms with E-state index in [-0.39, 0.29) is 23.5 Å². The number of aliphatic hydroxyl groups excluding tert-OH is 1. The quantitative estimate of drug-likeness (QED) is 0.640. The summed E-state index contributed by atoms with van der Waals surface area (Å²) in [6, 6.07) is 0.527. The number of aliphatic hydroxyl groups is 1. The van der Waals surface area contributed by atoms with Gasteiger partial charge in [-0.05, 0) is 17.9 Å². The zero-order valence-corrected chi connectivity index (χ0v) is 7.52. The van der Waals surface area contributed by atoms with Crippen LogP contribution in [0.3, 0.4) is 0 Å². The molecule has 0 aliphatic heterocycles. The Bertz CT molecular complexity index is 389. The maximum absolute atomic E-state index is 13.2. The van der Waals surface area contributed by atoms with E-state index in [0.29, 0.717) is 6.07 Å². The van der Waals surface area contributed by atoms with Crippen LogP contribution in [0.25, 0.3) is 0 Å². The lowest BCUT2D eigenvalue weighted by molar-refractivity contribution is 0.128. The molecule has 0 heterocycles. The van der Waals surface area contributed by atoms with Crippen molar-refractivity contribution in [3.63, 3.8) is 0 Å². The van der Waals surface area contributed by atoms with Gasteiger partial charge in [0.05, 0.1) is 6.10 Å². The molecule has 2 unspecified atom stereocenters. The van der Waals surface area contributed by atoms with Gasteiger partial charge >= 0.3 is 0 Å². The van der Waals surface area contributed by atoms with Crippen LogP contribution in [0.5, 0.6) is 0 Å². The maximum Gasteiger partial charge on any atom is 0.165 e. The largest absolute Gasteiger partial charge is 0.388 e. The van der Waals surface area contributed by atoms with Crippen molar-refractivity contribution in [1.82, 2.24) is 0 Å². The molecule has 1 aliphatic carbocycles. The molecule has 4 heteroatoms. The third-order valence-corrected chi connectivity index (χ3v) is 2.67. The second kappa shape index (κ2) is 2.98. The fraction of sp³-hybridized carbons (Fsp3) is 0.400. The SMILES string of the molecule is CC1Cc2c(F)cc(F)c(F)c2C1O. The van der Waals surface area contributed by atoms with E-state index in [0.717, 1.165) is 0 Å². The van der Waals surface area contributed by atoms with E-state index >= 15 is 0 Å². The number of hydrogen-bond donors (Lipinski definition) is 1. The number of halogens is 3. The van der Waals surface area contributed by atoms with Crippen LogP contribution in [0.4, 0.5) is 13.2 Å². The zero-order valence-electron chi connectivity index (χ0n) is 7.52. The summed E-state index contributed by atoms with van der Waals surface area (Å²) in [5, 5.41) is 9.51. The van der Waals surface area contributed by atoms with Gasteiger partial charge in [0.15, 0.2) is 11.6 Å². The molecule has 0 saturated carbocycles. The minimum absolute atomic E-state index is 0.101. The summed E-state index contributed by atoms with van der Waals surface area (Å²) in [6.07, 6.45) is -0.852. The van der Waals surface area contributed by atoms with Crippen molar-refractivity contribution >= 4 is 0 Å². The molecule has 1 N–H and O–H groups in total. The van der Waals surface area contributed by atoms with Crippen molar-refractivity contribution in [2.45, 2.75) is 19.4 Å².